The van der Waals surface area contributed by atoms with Gasteiger partial charge in [-0.05, 0) is 67.3 Å². The molecule has 302 valence electrons. The van der Waals surface area contributed by atoms with Gasteiger partial charge in [0.1, 0.15) is 11.6 Å². The molecule has 0 unspecified atom stereocenters. The maximum absolute atomic E-state index is 5.55. The highest BCUT2D eigenvalue weighted by Gasteiger charge is 2.50. The molecule has 0 aliphatic carbocycles. The average Bonchev–Trinajstić information content (AvgIpc) is 3.38. The van der Waals surface area contributed by atoms with E-state index >= 15 is 0 Å². The fourth-order valence-electron chi connectivity index (χ4n) is 10.7. The second-order valence-electron chi connectivity index (χ2n) is 16.5. The zero-order chi connectivity index (χ0) is 42.5. The summed E-state index contributed by atoms with van der Waals surface area (Å²) in [6.07, 6.45) is 0. The van der Waals surface area contributed by atoms with Crippen LogP contribution in [0.15, 0.2) is 255 Å². The van der Waals surface area contributed by atoms with Crippen LogP contribution in [0.1, 0.15) is 22.3 Å². The van der Waals surface area contributed by atoms with Gasteiger partial charge in [-0.3, -0.25) is 9.80 Å². The molecule has 0 amide bonds. The number of hydrogen-bond acceptors (Lipinski definition) is 4. The maximum atomic E-state index is 5.55. The molecule has 0 N–H and O–H groups in total. The van der Waals surface area contributed by atoms with Crippen LogP contribution < -0.4 is 30.5 Å². The molecule has 9 aromatic carbocycles. The molecule has 64 heavy (non-hydrogen) atoms. The third-order valence-electron chi connectivity index (χ3n) is 13.2. The Morgan fingerprint density at radius 3 is 1.12 bits per heavy atom. The molecule has 0 spiro atoms. The van der Waals surface area contributed by atoms with Crippen LogP contribution in [0.4, 0.5) is 34.4 Å². The second kappa shape index (κ2) is 15.3. The van der Waals surface area contributed by atoms with E-state index in [1.54, 1.807) is 0 Å². The van der Waals surface area contributed by atoms with Crippen LogP contribution >= 0.6 is 0 Å². The van der Waals surface area contributed by atoms with E-state index in [0.717, 1.165) is 39.9 Å². The lowest BCUT2D eigenvalue weighted by Gasteiger charge is -2.46. The summed E-state index contributed by atoms with van der Waals surface area (Å²) in [6, 6.07) is 92.5. The Hall–Kier alpha value is -8.12. The first-order valence-corrected chi connectivity index (χ1v) is 23.9. The molecule has 2 aliphatic heterocycles. The second-order valence-corrected chi connectivity index (χ2v) is 20.2. The Labute approximate surface area is 375 Å². The molecule has 4 nitrogen and oxygen atoms in total. The number of anilines is 6. The van der Waals surface area contributed by atoms with E-state index in [2.05, 4.69) is 259 Å². The van der Waals surface area contributed by atoms with E-state index in [1.807, 2.05) is 6.07 Å². The SMILES string of the molecule is c1ccc(-c2nc(N3c4ccccc4C(c4ccccc4)(c4ccccc4)c4ccccc43)cc(N3c4ccccc4[Si](c4ccccc4)(c4ccccc4)c4ccccc43)n2)cc1. The lowest BCUT2D eigenvalue weighted by Crippen LogP contribution is -2.77. The zero-order valence-electron chi connectivity index (χ0n) is 35.0. The first-order chi connectivity index (χ1) is 31.8. The van der Waals surface area contributed by atoms with E-state index in [-0.39, 0.29) is 0 Å². The van der Waals surface area contributed by atoms with Gasteiger partial charge in [-0.2, -0.15) is 0 Å². The van der Waals surface area contributed by atoms with Gasteiger partial charge >= 0.3 is 0 Å². The van der Waals surface area contributed by atoms with Gasteiger partial charge in [0.15, 0.2) is 13.9 Å². The quantitative estimate of drug-likeness (QED) is 0.150. The van der Waals surface area contributed by atoms with Crippen molar-refractivity contribution in [2.75, 3.05) is 9.80 Å². The largest absolute Gasteiger partial charge is 0.295 e. The molecular weight excluding hydrogens is 793 g/mol. The van der Waals surface area contributed by atoms with E-state index in [4.69, 9.17) is 9.97 Å². The Morgan fingerprint density at radius 1 is 0.328 bits per heavy atom. The van der Waals surface area contributed by atoms with Crippen molar-refractivity contribution >= 4 is 63.2 Å². The molecule has 3 heterocycles. The van der Waals surface area contributed by atoms with E-state index in [1.165, 1.54) is 43.0 Å². The van der Waals surface area contributed by atoms with Crippen molar-refractivity contribution in [3.63, 3.8) is 0 Å². The van der Waals surface area contributed by atoms with Crippen molar-refractivity contribution in [1.82, 2.24) is 9.97 Å². The first kappa shape index (κ1) is 37.6. The van der Waals surface area contributed by atoms with Crippen molar-refractivity contribution in [3.8, 4) is 11.4 Å². The summed E-state index contributed by atoms with van der Waals surface area (Å²) in [4.78, 5) is 15.8. The predicted octanol–water partition coefficient (Wildman–Crippen LogP) is 11.5. The lowest BCUT2D eigenvalue weighted by atomic mass is 9.62. The van der Waals surface area contributed by atoms with Gasteiger partial charge in [0.05, 0.1) is 16.8 Å². The summed E-state index contributed by atoms with van der Waals surface area (Å²) < 4.78 is 0. The third-order valence-corrected chi connectivity index (χ3v) is 18.1. The number of fused-ring (bicyclic) bond motifs is 4. The molecule has 12 rings (SSSR count). The molecule has 0 saturated carbocycles. The first-order valence-electron chi connectivity index (χ1n) is 21.9. The topological polar surface area (TPSA) is 32.3 Å². The van der Waals surface area contributed by atoms with Crippen molar-refractivity contribution in [2.24, 2.45) is 0 Å². The molecule has 0 saturated heterocycles. The highest BCUT2D eigenvalue weighted by molar-refractivity contribution is 7.21. The Kier molecular flexibility index (Phi) is 9.02. The van der Waals surface area contributed by atoms with E-state index in [0.29, 0.717) is 5.82 Å². The summed E-state index contributed by atoms with van der Waals surface area (Å²) in [7, 11) is -2.85. The average molecular weight is 835 g/mol. The Morgan fingerprint density at radius 2 is 0.672 bits per heavy atom. The molecule has 0 radical (unpaired) electrons. The number of benzene rings is 9. The van der Waals surface area contributed by atoms with Crippen LogP contribution in [0.3, 0.4) is 0 Å². The fourth-order valence-corrected chi connectivity index (χ4v) is 15.8. The third kappa shape index (κ3) is 5.61. The minimum Gasteiger partial charge on any atom is -0.295 e. The van der Waals surface area contributed by atoms with Gasteiger partial charge in [0, 0.05) is 23.0 Å². The van der Waals surface area contributed by atoms with Gasteiger partial charge in [-0.25, -0.2) is 9.97 Å². The van der Waals surface area contributed by atoms with Gasteiger partial charge in [0.2, 0.25) is 0 Å². The molecule has 10 aromatic rings. The van der Waals surface area contributed by atoms with Crippen molar-refractivity contribution in [3.05, 3.63) is 277 Å². The highest BCUT2D eigenvalue weighted by atomic mass is 28.3. The molecule has 2 aliphatic rings. The maximum Gasteiger partial charge on any atom is 0.184 e. The van der Waals surface area contributed by atoms with Crippen LogP contribution in [0, 0.1) is 0 Å². The van der Waals surface area contributed by atoms with Gasteiger partial charge in [-0.15, -0.1) is 0 Å². The van der Waals surface area contributed by atoms with Gasteiger partial charge < -0.3 is 0 Å². The fraction of sp³-hybridized carbons (Fsp3) is 0.0169. The molecule has 0 fully saturated rings. The summed E-state index contributed by atoms with van der Waals surface area (Å²) in [6.45, 7) is 0. The van der Waals surface area contributed by atoms with Crippen molar-refractivity contribution < 1.29 is 0 Å². The van der Waals surface area contributed by atoms with Crippen LogP contribution in [0.25, 0.3) is 11.4 Å². The molecule has 5 heteroatoms. The molecule has 0 bridgehead atoms. The molecular formula is C59H42N4Si. The summed E-state index contributed by atoms with van der Waals surface area (Å²) in [5, 5.41) is 5.32. The minimum absolute atomic E-state index is 0.599. The summed E-state index contributed by atoms with van der Waals surface area (Å²) in [5.41, 5.74) is 9.51. The Bertz CT molecular complexity index is 2910. The Balaban J connectivity index is 1.14. The van der Waals surface area contributed by atoms with E-state index in [9.17, 15) is 0 Å². The summed E-state index contributed by atoms with van der Waals surface area (Å²) >= 11 is 0. The van der Waals surface area contributed by atoms with Crippen LogP contribution in [0.2, 0.25) is 0 Å². The number of para-hydroxylation sites is 4. The summed E-state index contributed by atoms with van der Waals surface area (Å²) in [5.74, 6) is 2.24. The smallest absolute Gasteiger partial charge is 0.184 e. The standard InChI is InChI=1S/C59H42N4Si/c1-6-24-43(25-7-1)58-60-56(62-50-36-18-16-34-48(50)59(44-26-8-2-9-27-44,45-28-10-3-11-29-45)49-35-17-19-37-51(49)62)42-57(61-58)63-52-38-20-22-40-54(52)64(46-30-12-4-13-31-46,47-32-14-5-15-33-47)55-41-23-21-39-53(55)63/h1-42H. The van der Waals surface area contributed by atoms with Gasteiger partial charge in [0.25, 0.3) is 0 Å². The number of nitrogens with zero attached hydrogens (tertiary/aromatic N) is 4. The zero-order valence-corrected chi connectivity index (χ0v) is 36.0. The monoisotopic (exact) mass is 834 g/mol. The minimum atomic E-state index is -2.85. The van der Waals surface area contributed by atoms with Crippen molar-refractivity contribution in [1.29, 1.82) is 0 Å². The number of aromatic nitrogens is 2. The van der Waals surface area contributed by atoms with Crippen LogP contribution in [-0.2, 0) is 5.41 Å². The molecule has 0 atom stereocenters. The predicted molar refractivity (Wildman–Crippen MR) is 266 cm³/mol. The van der Waals surface area contributed by atoms with Crippen LogP contribution in [-0.4, -0.2) is 18.0 Å². The number of hydrogen-bond donors (Lipinski definition) is 0. The number of rotatable bonds is 7. The lowest BCUT2D eigenvalue weighted by molar-refractivity contribution is 0.730. The van der Waals surface area contributed by atoms with Gasteiger partial charge in [-0.1, -0.05) is 224 Å². The highest BCUT2D eigenvalue weighted by Crippen LogP contribution is 2.57. The van der Waals surface area contributed by atoms with Crippen molar-refractivity contribution in [2.45, 2.75) is 5.41 Å². The van der Waals surface area contributed by atoms with E-state index < -0.39 is 13.5 Å². The normalized spacial score (nSPS) is 14.1. The molecule has 1 aromatic heterocycles. The van der Waals surface area contributed by atoms with Crippen LogP contribution in [0.5, 0.6) is 0 Å².